The van der Waals surface area contributed by atoms with Crippen molar-refractivity contribution in [3.8, 4) is 17.6 Å². The van der Waals surface area contributed by atoms with Crippen LogP contribution in [0.15, 0.2) is 70.0 Å². The lowest BCUT2D eigenvalue weighted by atomic mass is 10.1. The summed E-state index contributed by atoms with van der Waals surface area (Å²) in [6, 6.07) is 17.2. The number of rotatable bonds is 8. The Bertz CT molecular complexity index is 1320. The first-order valence-electron chi connectivity index (χ1n) is 9.72. The van der Waals surface area contributed by atoms with E-state index < -0.39 is 15.9 Å². The van der Waals surface area contributed by atoms with Gasteiger partial charge in [-0.3, -0.25) is 9.52 Å². The molecule has 0 radical (unpaired) electrons. The Labute approximate surface area is 200 Å². The number of amides is 1. The maximum Gasteiger partial charge on any atom is 0.265 e. The van der Waals surface area contributed by atoms with Crippen LogP contribution >= 0.6 is 15.9 Å². The lowest BCUT2D eigenvalue weighted by Gasteiger charge is -2.14. The number of anilines is 2. The summed E-state index contributed by atoms with van der Waals surface area (Å²) < 4.78 is 40.0. The van der Waals surface area contributed by atoms with Gasteiger partial charge in [0.15, 0.2) is 0 Å². The Hall–Kier alpha value is -3.55. The van der Waals surface area contributed by atoms with E-state index in [1.54, 1.807) is 18.2 Å². The Morgan fingerprint density at radius 1 is 1.03 bits per heavy atom. The highest BCUT2D eigenvalue weighted by atomic mass is 79.9. The fraction of sp³-hybridized carbons (Fsp3) is 0.130. The normalized spacial score (nSPS) is 10.7. The summed E-state index contributed by atoms with van der Waals surface area (Å²) in [6.07, 6.45) is 0. The molecule has 0 aliphatic rings. The van der Waals surface area contributed by atoms with Crippen LogP contribution in [0.2, 0.25) is 0 Å². The van der Waals surface area contributed by atoms with Crippen molar-refractivity contribution >= 4 is 43.2 Å². The summed E-state index contributed by atoms with van der Waals surface area (Å²) in [5.41, 5.74) is 1.33. The highest BCUT2D eigenvalue weighted by Crippen LogP contribution is 2.32. The van der Waals surface area contributed by atoms with Gasteiger partial charge in [0.25, 0.3) is 15.9 Å². The van der Waals surface area contributed by atoms with Gasteiger partial charge in [-0.25, -0.2) is 8.42 Å². The van der Waals surface area contributed by atoms with Gasteiger partial charge >= 0.3 is 0 Å². The number of hydrogen-bond acceptors (Lipinski definition) is 6. The van der Waals surface area contributed by atoms with Crippen LogP contribution in [0.1, 0.15) is 22.8 Å². The number of halogens is 1. The number of sulfonamides is 1. The molecule has 2 N–H and O–H groups in total. The van der Waals surface area contributed by atoms with E-state index in [0.29, 0.717) is 33.6 Å². The molecule has 0 heterocycles. The molecule has 1 amide bonds. The van der Waals surface area contributed by atoms with Crippen molar-refractivity contribution in [1.29, 1.82) is 5.26 Å². The summed E-state index contributed by atoms with van der Waals surface area (Å²) in [5.74, 6) is 0.255. The van der Waals surface area contributed by atoms with Gasteiger partial charge in [0, 0.05) is 11.3 Å². The van der Waals surface area contributed by atoms with Crippen LogP contribution in [0.25, 0.3) is 0 Å². The number of benzene rings is 3. The van der Waals surface area contributed by atoms with Gasteiger partial charge in [-0.2, -0.15) is 5.26 Å². The van der Waals surface area contributed by atoms with Crippen molar-refractivity contribution in [2.75, 3.05) is 23.8 Å². The second-order valence-corrected chi connectivity index (χ2v) is 9.20. The number of nitrogens with zero attached hydrogens (tertiary/aromatic N) is 1. The average molecular weight is 530 g/mol. The van der Waals surface area contributed by atoms with E-state index in [2.05, 4.69) is 26.0 Å². The Morgan fingerprint density at radius 2 is 1.70 bits per heavy atom. The molecule has 0 saturated heterocycles. The third-order valence-corrected chi connectivity index (χ3v) is 6.49. The largest absolute Gasteiger partial charge is 0.495 e. The van der Waals surface area contributed by atoms with Crippen molar-refractivity contribution in [3.63, 3.8) is 0 Å². The van der Waals surface area contributed by atoms with Crippen LogP contribution in [-0.4, -0.2) is 28.0 Å². The molecule has 0 aliphatic carbocycles. The number of methoxy groups -OCH3 is 1. The zero-order chi connectivity index (χ0) is 24.0. The highest BCUT2D eigenvalue weighted by molar-refractivity contribution is 9.10. The maximum atomic E-state index is 13.1. The fourth-order valence-corrected chi connectivity index (χ4v) is 4.65. The van der Waals surface area contributed by atoms with E-state index >= 15 is 0 Å². The van der Waals surface area contributed by atoms with Crippen LogP contribution in [0.4, 0.5) is 11.4 Å². The number of carbonyl (C=O) groups is 1. The van der Waals surface area contributed by atoms with E-state index in [9.17, 15) is 13.2 Å². The first-order valence-corrected chi connectivity index (χ1v) is 12.0. The number of hydrogen-bond donors (Lipinski definition) is 2. The van der Waals surface area contributed by atoms with E-state index in [1.165, 1.54) is 49.6 Å². The molecule has 0 unspecified atom stereocenters. The Morgan fingerprint density at radius 3 is 2.30 bits per heavy atom. The van der Waals surface area contributed by atoms with E-state index in [0.717, 1.165) is 0 Å². The molecule has 10 heteroatoms. The van der Waals surface area contributed by atoms with Crippen molar-refractivity contribution in [1.82, 2.24) is 0 Å². The first-order chi connectivity index (χ1) is 15.8. The zero-order valence-corrected chi connectivity index (χ0v) is 20.2. The SMILES string of the molecule is CCOc1ccc(NS(=O)(=O)c2cc(NC(=O)c3ccc(C#N)cc3)ccc2OC)cc1Br. The molecule has 0 fully saturated rings. The van der Waals surface area contributed by atoms with Crippen LogP contribution in [-0.2, 0) is 10.0 Å². The van der Waals surface area contributed by atoms with Crippen molar-refractivity contribution in [2.24, 2.45) is 0 Å². The molecule has 3 aromatic carbocycles. The smallest absolute Gasteiger partial charge is 0.265 e. The molecule has 0 saturated carbocycles. The van der Waals surface area contributed by atoms with Gasteiger partial charge in [0.05, 0.1) is 35.5 Å². The Balaban J connectivity index is 1.87. The van der Waals surface area contributed by atoms with E-state index in [1.807, 2.05) is 13.0 Å². The van der Waals surface area contributed by atoms with Crippen LogP contribution < -0.4 is 19.5 Å². The van der Waals surface area contributed by atoms with Crippen molar-refractivity contribution < 1.29 is 22.7 Å². The second kappa shape index (κ2) is 10.4. The monoisotopic (exact) mass is 529 g/mol. The van der Waals surface area contributed by atoms with Gasteiger partial charge < -0.3 is 14.8 Å². The maximum absolute atomic E-state index is 13.1. The molecule has 3 rings (SSSR count). The van der Waals surface area contributed by atoms with Gasteiger partial charge in [-0.15, -0.1) is 0 Å². The number of nitrogens with one attached hydrogen (secondary N) is 2. The topological polar surface area (TPSA) is 118 Å². The van der Waals surface area contributed by atoms with Gasteiger partial charge in [0.1, 0.15) is 16.4 Å². The quantitative estimate of drug-likeness (QED) is 0.433. The third kappa shape index (κ3) is 5.83. The van der Waals surface area contributed by atoms with Crippen LogP contribution in [0.5, 0.6) is 11.5 Å². The predicted octanol–water partition coefficient (Wildman–Crippen LogP) is 4.78. The number of nitriles is 1. The minimum Gasteiger partial charge on any atom is -0.495 e. The van der Waals surface area contributed by atoms with E-state index in [-0.39, 0.29) is 16.3 Å². The average Bonchev–Trinajstić information content (AvgIpc) is 2.80. The minimum absolute atomic E-state index is 0.115. The summed E-state index contributed by atoms with van der Waals surface area (Å²) in [7, 11) is -2.70. The molecule has 0 atom stereocenters. The molecule has 3 aromatic rings. The molecule has 0 aliphatic heterocycles. The lowest BCUT2D eigenvalue weighted by molar-refractivity contribution is 0.102. The molecule has 0 spiro atoms. The van der Waals surface area contributed by atoms with Crippen LogP contribution in [0, 0.1) is 11.3 Å². The number of carbonyl (C=O) groups excluding carboxylic acids is 1. The van der Waals surface area contributed by atoms with Gasteiger partial charge in [0.2, 0.25) is 0 Å². The predicted molar refractivity (Wildman–Crippen MR) is 128 cm³/mol. The molecular formula is C23H20BrN3O5S. The molecule has 8 nitrogen and oxygen atoms in total. The van der Waals surface area contributed by atoms with Crippen molar-refractivity contribution in [3.05, 3.63) is 76.3 Å². The molecule has 0 aromatic heterocycles. The highest BCUT2D eigenvalue weighted by Gasteiger charge is 2.21. The van der Waals surface area contributed by atoms with E-state index in [4.69, 9.17) is 14.7 Å². The standard InChI is InChI=1S/C23H20BrN3O5S/c1-3-32-20-10-9-18(12-19(20)24)27-33(29,30)22-13-17(8-11-21(22)31-2)26-23(28)16-6-4-15(14-25)5-7-16/h4-13,27H,3H2,1-2H3,(H,26,28). The number of ether oxygens (including phenoxy) is 2. The van der Waals surface area contributed by atoms with Gasteiger partial charge in [-0.1, -0.05) is 0 Å². The summed E-state index contributed by atoms with van der Waals surface area (Å²) in [4.78, 5) is 12.4. The minimum atomic E-state index is -4.05. The fourth-order valence-electron chi connectivity index (χ4n) is 2.91. The summed E-state index contributed by atoms with van der Waals surface area (Å²) in [5, 5.41) is 11.5. The lowest BCUT2D eigenvalue weighted by Crippen LogP contribution is -2.16. The molecule has 0 bridgehead atoms. The second-order valence-electron chi connectivity index (χ2n) is 6.69. The van der Waals surface area contributed by atoms with Gasteiger partial charge in [-0.05, 0) is 83.5 Å². The third-order valence-electron chi connectivity index (χ3n) is 4.47. The summed E-state index contributed by atoms with van der Waals surface area (Å²) >= 11 is 3.36. The zero-order valence-electron chi connectivity index (χ0n) is 17.8. The first kappa shape index (κ1) is 24.1. The van der Waals surface area contributed by atoms with Crippen molar-refractivity contribution in [2.45, 2.75) is 11.8 Å². The van der Waals surface area contributed by atoms with Crippen LogP contribution in [0.3, 0.4) is 0 Å². The molecule has 33 heavy (non-hydrogen) atoms. The molecule has 170 valence electrons. The summed E-state index contributed by atoms with van der Waals surface area (Å²) in [6.45, 7) is 2.32. The Kier molecular flexibility index (Phi) is 7.58. The molecular weight excluding hydrogens is 510 g/mol.